The molecule has 0 spiro atoms. The van der Waals surface area contributed by atoms with Gasteiger partial charge in [-0.2, -0.15) is 0 Å². The quantitative estimate of drug-likeness (QED) is 0.152. The monoisotopic (exact) mass is 1000 g/mol. The molecular formula is C72H50N4O2. The lowest BCUT2D eigenvalue weighted by atomic mass is 10.0. The second-order valence-corrected chi connectivity index (χ2v) is 22.0. The number of benzene rings is 11. The van der Waals surface area contributed by atoms with Crippen molar-refractivity contribution in [3.05, 3.63) is 230 Å². The van der Waals surface area contributed by atoms with Gasteiger partial charge in [-0.1, -0.05) is 173 Å². The van der Waals surface area contributed by atoms with Crippen LogP contribution in [-0.2, 0) is 0 Å². The summed E-state index contributed by atoms with van der Waals surface area (Å²) < 4.78 is 19.0. The van der Waals surface area contributed by atoms with Crippen LogP contribution in [0.3, 0.4) is 0 Å². The van der Waals surface area contributed by atoms with Crippen LogP contribution in [0.2, 0.25) is 0 Å². The molecule has 0 amide bonds. The van der Waals surface area contributed by atoms with Gasteiger partial charge in [-0.25, -0.2) is 0 Å². The van der Waals surface area contributed by atoms with Crippen LogP contribution in [0.15, 0.2) is 227 Å². The Balaban J connectivity index is 0.891. The van der Waals surface area contributed by atoms with E-state index in [-0.39, 0.29) is 0 Å². The molecule has 0 aliphatic carbocycles. The lowest BCUT2D eigenvalue weighted by Gasteiger charge is -2.25. The molecule has 11 aromatic carbocycles. The predicted molar refractivity (Wildman–Crippen MR) is 328 cm³/mol. The number of hydrogen-bond donors (Lipinski definition) is 0. The molecule has 0 aliphatic rings. The Kier molecular flexibility index (Phi) is 8.85. The molecular weight excluding hydrogens is 953 g/mol. The minimum absolute atomic E-state index is 0.326. The normalized spacial score (nSPS) is 12.6. The van der Waals surface area contributed by atoms with Gasteiger partial charge in [-0.3, -0.25) is 0 Å². The van der Waals surface area contributed by atoms with Crippen LogP contribution in [0.25, 0.3) is 120 Å². The molecule has 0 saturated carbocycles. The zero-order valence-electron chi connectivity index (χ0n) is 43.5. The van der Waals surface area contributed by atoms with E-state index in [1.165, 1.54) is 87.3 Å². The molecule has 6 heterocycles. The number of rotatable bonds is 8. The van der Waals surface area contributed by atoms with E-state index in [0.29, 0.717) is 11.8 Å². The third kappa shape index (κ3) is 5.81. The summed E-state index contributed by atoms with van der Waals surface area (Å²) in [4.78, 5) is 4.74. The smallest absolute Gasteiger partial charge is 0.159 e. The molecule has 0 atom stereocenters. The summed E-state index contributed by atoms with van der Waals surface area (Å²) in [5, 5.41) is 14.4. The molecule has 0 aliphatic heterocycles. The second-order valence-electron chi connectivity index (χ2n) is 22.0. The van der Waals surface area contributed by atoms with Crippen molar-refractivity contribution in [2.45, 2.75) is 39.5 Å². The minimum atomic E-state index is 0.326. The average molecular weight is 1000 g/mol. The number of anilines is 6. The number of nitrogens with zero attached hydrogens (tertiary/aromatic N) is 4. The first-order valence-electron chi connectivity index (χ1n) is 27.3. The van der Waals surface area contributed by atoms with Crippen molar-refractivity contribution in [1.82, 2.24) is 8.80 Å². The van der Waals surface area contributed by atoms with Gasteiger partial charge in [-0.15, -0.1) is 0 Å². The molecule has 370 valence electrons. The van der Waals surface area contributed by atoms with E-state index in [9.17, 15) is 0 Å². The van der Waals surface area contributed by atoms with Crippen LogP contribution in [0.1, 0.15) is 50.7 Å². The Labute approximate surface area is 448 Å². The Hall–Kier alpha value is -9.78. The zero-order valence-corrected chi connectivity index (χ0v) is 43.5. The van der Waals surface area contributed by atoms with Gasteiger partial charge in [0.2, 0.25) is 0 Å². The van der Waals surface area contributed by atoms with Crippen molar-refractivity contribution in [3.63, 3.8) is 0 Å². The third-order valence-electron chi connectivity index (χ3n) is 17.1. The first-order valence-corrected chi connectivity index (χ1v) is 27.3. The van der Waals surface area contributed by atoms with Gasteiger partial charge < -0.3 is 27.4 Å². The summed E-state index contributed by atoms with van der Waals surface area (Å²) in [6.07, 6.45) is 0. The van der Waals surface area contributed by atoms with Crippen molar-refractivity contribution in [3.8, 4) is 0 Å². The summed E-state index contributed by atoms with van der Waals surface area (Å²) in [5.41, 5.74) is 19.6. The van der Waals surface area contributed by atoms with E-state index in [2.05, 4.69) is 265 Å². The number of fused-ring (bicyclic) bond motifs is 18. The van der Waals surface area contributed by atoms with Gasteiger partial charge in [0.1, 0.15) is 11.2 Å². The van der Waals surface area contributed by atoms with Gasteiger partial charge >= 0.3 is 0 Å². The van der Waals surface area contributed by atoms with E-state index < -0.39 is 0 Å². The van der Waals surface area contributed by atoms with E-state index in [1.54, 1.807) is 0 Å². The van der Waals surface area contributed by atoms with Crippen molar-refractivity contribution < 1.29 is 8.83 Å². The largest absolute Gasteiger partial charge is 0.454 e. The molecule has 6 aromatic heterocycles. The van der Waals surface area contributed by atoms with Crippen LogP contribution < -0.4 is 9.80 Å². The summed E-state index contributed by atoms with van der Waals surface area (Å²) >= 11 is 0. The lowest BCUT2D eigenvalue weighted by Crippen LogP contribution is -2.10. The maximum Gasteiger partial charge on any atom is 0.159 e. The molecule has 0 saturated heterocycles. The van der Waals surface area contributed by atoms with Gasteiger partial charge in [0.25, 0.3) is 0 Å². The fourth-order valence-corrected chi connectivity index (χ4v) is 13.6. The summed E-state index contributed by atoms with van der Waals surface area (Å²) in [6, 6.07) is 80.3. The number of aromatic nitrogens is 2. The molecule has 6 heteroatoms. The van der Waals surface area contributed by atoms with Crippen LogP contribution in [0.4, 0.5) is 34.1 Å². The molecule has 0 radical (unpaired) electrons. The highest BCUT2D eigenvalue weighted by Gasteiger charge is 2.27. The van der Waals surface area contributed by atoms with Crippen LogP contribution in [0.5, 0.6) is 0 Å². The fourth-order valence-electron chi connectivity index (χ4n) is 13.6. The SMILES string of the molecule is CC(C)c1cccc2c1oc1c(N(c3ccccc3)c3ccc4c5cccc6c7cc8c(cc7n(c4c3)c56)c3cccc4c5ccc(N(c6ccccc6)c6cccc7c6oc6c(C(C)C)cccc67)cc5n8c43)cccc12. The zero-order chi connectivity index (χ0) is 51.7. The van der Waals surface area contributed by atoms with Crippen molar-refractivity contribution >= 4 is 154 Å². The average Bonchev–Trinajstić information content (AvgIpc) is 4.52. The molecule has 78 heavy (non-hydrogen) atoms. The predicted octanol–water partition coefficient (Wildman–Crippen LogP) is 21.0. The summed E-state index contributed by atoms with van der Waals surface area (Å²) in [7, 11) is 0. The van der Waals surface area contributed by atoms with Gasteiger partial charge in [0, 0.05) is 87.4 Å². The molecule has 17 rings (SSSR count). The Bertz CT molecular complexity index is 4960. The van der Waals surface area contributed by atoms with E-state index in [1.807, 2.05) is 0 Å². The van der Waals surface area contributed by atoms with E-state index >= 15 is 0 Å². The van der Waals surface area contributed by atoms with Crippen molar-refractivity contribution in [2.75, 3.05) is 9.80 Å². The van der Waals surface area contributed by atoms with Gasteiger partial charge in [-0.05, 0) is 95.8 Å². The van der Waals surface area contributed by atoms with Gasteiger partial charge in [0.15, 0.2) is 11.2 Å². The molecule has 6 nitrogen and oxygen atoms in total. The molecule has 0 fully saturated rings. The second kappa shape index (κ2) is 15.9. The standard InChI is InChI=1S/C72H50N4O2/c1-41(2)47-21-11-27-55-57-29-15-31-61(71(57)77-69(47)55)73(43-17-7-5-8-18-43)45-33-35-49-51-23-13-25-53-59-40-66-60(39-65(59)75(67(51)53)63(49)37-45)54-26-14-24-52-50-36-34-46(38-64(50)76(66)68(52)54)74(44-19-9-6-10-20-44)62-32-16-30-58-56-28-12-22-48(42(3)4)70(56)78-72(58)62/h5-42H,1-4H3. The van der Waals surface area contributed by atoms with E-state index in [4.69, 9.17) is 8.83 Å². The Morgan fingerprint density at radius 1 is 0.282 bits per heavy atom. The summed E-state index contributed by atoms with van der Waals surface area (Å²) in [6.45, 7) is 8.95. The topological polar surface area (TPSA) is 41.6 Å². The first kappa shape index (κ1) is 43.5. The number of hydrogen-bond acceptors (Lipinski definition) is 4. The number of furan rings is 2. The third-order valence-corrected chi connectivity index (χ3v) is 17.1. The lowest BCUT2D eigenvalue weighted by molar-refractivity contribution is 0.657. The Morgan fingerprint density at radius 3 is 1.04 bits per heavy atom. The van der Waals surface area contributed by atoms with E-state index in [0.717, 1.165) is 78.0 Å². The molecule has 0 N–H and O–H groups in total. The maximum absolute atomic E-state index is 6.99. The van der Waals surface area contributed by atoms with Crippen molar-refractivity contribution in [1.29, 1.82) is 0 Å². The molecule has 0 unspecified atom stereocenters. The van der Waals surface area contributed by atoms with Crippen LogP contribution in [-0.4, -0.2) is 8.80 Å². The minimum Gasteiger partial charge on any atom is -0.454 e. The molecule has 0 bridgehead atoms. The van der Waals surface area contributed by atoms with Crippen LogP contribution in [0, 0.1) is 0 Å². The molecule has 17 aromatic rings. The maximum atomic E-state index is 6.99. The highest BCUT2D eigenvalue weighted by molar-refractivity contribution is 6.29. The van der Waals surface area contributed by atoms with Crippen LogP contribution >= 0.6 is 0 Å². The summed E-state index contributed by atoms with van der Waals surface area (Å²) in [5.74, 6) is 0.651. The fraction of sp³-hybridized carbons (Fsp3) is 0.0833. The number of para-hydroxylation sites is 8. The highest BCUT2D eigenvalue weighted by atomic mass is 16.3. The highest BCUT2D eigenvalue weighted by Crippen LogP contribution is 2.50. The van der Waals surface area contributed by atoms with Crippen molar-refractivity contribution in [2.24, 2.45) is 0 Å². The Morgan fingerprint density at radius 2 is 0.628 bits per heavy atom. The first-order chi connectivity index (χ1) is 38.4. The van der Waals surface area contributed by atoms with Gasteiger partial charge in [0.05, 0.1) is 44.5 Å².